The quantitative estimate of drug-likeness (QED) is 0.672. The van der Waals surface area contributed by atoms with E-state index in [1.165, 1.54) is 11.1 Å². The summed E-state index contributed by atoms with van der Waals surface area (Å²) in [4.78, 5) is 0. The van der Waals surface area contributed by atoms with E-state index in [1.54, 1.807) is 0 Å². The van der Waals surface area contributed by atoms with Gasteiger partial charge in [0.1, 0.15) is 0 Å². The Morgan fingerprint density at radius 1 is 0.536 bits per heavy atom. The van der Waals surface area contributed by atoms with Gasteiger partial charge in [0.25, 0.3) is 0 Å². The van der Waals surface area contributed by atoms with Crippen LogP contribution in [0.3, 0.4) is 0 Å². The van der Waals surface area contributed by atoms with Gasteiger partial charge < -0.3 is 28.4 Å². The summed E-state index contributed by atoms with van der Waals surface area (Å²) in [5, 5.41) is 0. The normalized spacial score (nSPS) is 20.2. The zero-order valence-corrected chi connectivity index (χ0v) is 17.7. The lowest BCUT2D eigenvalue weighted by atomic mass is 9.85. The van der Waals surface area contributed by atoms with Gasteiger partial charge in [-0.2, -0.15) is 0 Å². The second kappa shape index (κ2) is 13.2. The maximum atomic E-state index is 5.84. The average Bonchev–Trinajstić information content (AvgIpc) is 2.66. The minimum absolute atomic E-state index is 0.0954. The van der Waals surface area contributed by atoms with Crippen LogP contribution in [0.4, 0.5) is 0 Å². The largest absolute Gasteiger partial charge is 0.377 e. The van der Waals surface area contributed by atoms with Gasteiger partial charge >= 0.3 is 0 Å². The highest BCUT2D eigenvalue weighted by Crippen LogP contribution is 2.25. The predicted molar refractivity (Wildman–Crippen MR) is 108 cm³/mol. The summed E-state index contributed by atoms with van der Waals surface area (Å²) in [5.74, 6) is 0. The highest BCUT2D eigenvalue weighted by molar-refractivity contribution is 5.34. The minimum Gasteiger partial charge on any atom is -0.377 e. The summed E-state index contributed by atoms with van der Waals surface area (Å²) in [5.41, 5.74) is 3.71. The lowest BCUT2D eigenvalue weighted by molar-refractivity contribution is -0.0202. The molecule has 0 spiro atoms. The van der Waals surface area contributed by atoms with Crippen LogP contribution in [0.1, 0.15) is 37.5 Å². The molecule has 0 unspecified atom stereocenters. The summed E-state index contributed by atoms with van der Waals surface area (Å²) in [6.07, 6.45) is 0. The molecule has 0 atom stereocenters. The van der Waals surface area contributed by atoms with E-state index in [1.807, 2.05) is 0 Å². The van der Waals surface area contributed by atoms with Crippen molar-refractivity contribution in [2.24, 2.45) is 0 Å². The van der Waals surface area contributed by atoms with Crippen LogP contribution >= 0.6 is 0 Å². The minimum atomic E-state index is 0.0954. The molecule has 0 radical (unpaired) electrons. The first-order valence-electron chi connectivity index (χ1n) is 10.2. The monoisotopic (exact) mass is 396 g/mol. The van der Waals surface area contributed by atoms with E-state index in [4.69, 9.17) is 28.4 Å². The summed E-state index contributed by atoms with van der Waals surface area (Å²) in [7, 11) is 0. The molecule has 0 bridgehead atoms. The van der Waals surface area contributed by atoms with Crippen LogP contribution < -0.4 is 0 Å². The fourth-order valence-corrected chi connectivity index (χ4v) is 2.73. The van der Waals surface area contributed by atoms with E-state index < -0.39 is 0 Å². The molecule has 28 heavy (non-hydrogen) atoms. The van der Waals surface area contributed by atoms with Gasteiger partial charge in [-0.15, -0.1) is 0 Å². The highest BCUT2D eigenvalue weighted by Gasteiger charge is 2.15. The van der Waals surface area contributed by atoms with Crippen LogP contribution in [0.25, 0.3) is 0 Å². The van der Waals surface area contributed by atoms with Gasteiger partial charge in [-0.1, -0.05) is 39.0 Å². The Kier molecular flexibility index (Phi) is 11.0. The Labute approximate surface area is 169 Å². The summed E-state index contributed by atoms with van der Waals surface area (Å²) >= 11 is 0. The molecule has 1 aliphatic rings. The molecule has 160 valence electrons. The maximum Gasteiger partial charge on any atom is 0.0721 e. The number of hydrogen-bond acceptors (Lipinski definition) is 6. The van der Waals surface area contributed by atoms with Crippen LogP contribution in [0.15, 0.2) is 18.2 Å². The molecule has 0 N–H and O–H groups in total. The van der Waals surface area contributed by atoms with Gasteiger partial charge in [-0.3, -0.25) is 0 Å². The summed E-state index contributed by atoms with van der Waals surface area (Å²) < 4.78 is 33.6. The van der Waals surface area contributed by atoms with E-state index in [9.17, 15) is 0 Å². The fourth-order valence-electron chi connectivity index (χ4n) is 2.73. The molecule has 0 saturated carbocycles. The molecule has 6 heteroatoms. The van der Waals surface area contributed by atoms with Crippen molar-refractivity contribution in [2.75, 3.05) is 66.1 Å². The molecule has 0 aromatic heterocycles. The molecule has 1 aliphatic heterocycles. The topological polar surface area (TPSA) is 55.4 Å². The molecule has 6 nitrogen and oxygen atoms in total. The standard InChI is InChI=1S/C22H36O6/c1-22(2,3)21-5-4-19-17-27-14-12-25-10-8-23-6-7-24-9-11-26-13-15-28-18-20(19)16-21/h4-5,16H,6-15,17-18H2,1-3H3. The summed E-state index contributed by atoms with van der Waals surface area (Å²) in [6.45, 7) is 13.4. The van der Waals surface area contributed by atoms with E-state index in [-0.39, 0.29) is 5.41 Å². The molecule has 1 aromatic rings. The third kappa shape index (κ3) is 9.45. The Hall–Kier alpha value is -1.02. The Morgan fingerprint density at radius 3 is 1.36 bits per heavy atom. The number of fused-ring (bicyclic) bond motifs is 1. The van der Waals surface area contributed by atoms with Crippen molar-refractivity contribution in [1.29, 1.82) is 0 Å². The second-order valence-electron chi connectivity index (χ2n) is 7.79. The first-order chi connectivity index (χ1) is 13.6. The number of rotatable bonds is 0. The van der Waals surface area contributed by atoms with Crippen LogP contribution in [0, 0.1) is 0 Å². The Balaban J connectivity index is 1.92. The van der Waals surface area contributed by atoms with Crippen molar-refractivity contribution >= 4 is 0 Å². The Bertz CT molecular complexity index is 540. The third-order valence-electron chi connectivity index (χ3n) is 4.45. The summed E-state index contributed by atoms with van der Waals surface area (Å²) in [6, 6.07) is 6.55. The van der Waals surface area contributed by atoms with Gasteiger partial charge in [0.05, 0.1) is 79.3 Å². The number of hydrogen-bond donors (Lipinski definition) is 0. The van der Waals surface area contributed by atoms with Crippen LogP contribution in [0.2, 0.25) is 0 Å². The zero-order chi connectivity index (χ0) is 20.1. The lowest BCUT2D eigenvalue weighted by Crippen LogP contribution is -2.15. The zero-order valence-electron chi connectivity index (χ0n) is 17.7. The third-order valence-corrected chi connectivity index (χ3v) is 4.45. The fraction of sp³-hybridized carbons (Fsp3) is 0.727. The van der Waals surface area contributed by atoms with E-state index in [0.29, 0.717) is 79.3 Å². The van der Waals surface area contributed by atoms with Crippen LogP contribution in [0.5, 0.6) is 0 Å². The van der Waals surface area contributed by atoms with Crippen LogP contribution in [-0.2, 0) is 47.0 Å². The van der Waals surface area contributed by atoms with Gasteiger partial charge in [-0.05, 0) is 22.1 Å². The maximum absolute atomic E-state index is 5.84. The molecular weight excluding hydrogens is 360 g/mol. The van der Waals surface area contributed by atoms with Crippen molar-refractivity contribution in [2.45, 2.75) is 39.4 Å². The second-order valence-corrected chi connectivity index (χ2v) is 7.79. The molecule has 2 rings (SSSR count). The molecule has 0 fully saturated rings. The van der Waals surface area contributed by atoms with Gasteiger partial charge in [0.15, 0.2) is 0 Å². The molecule has 0 saturated heterocycles. The first-order valence-corrected chi connectivity index (χ1v) is 10.2. The van der Waals surface area contributed by atoms with Crippen LogP contribution in [-0.4, -0.2) is 66.1 Å². The van der Waals surface area contributed by atoms with Crippen molar-refractivity contribution in [3.63, 3.8) is 0 Å². The smallest absolute Gasteiger partial charge is 0.0721 e. The van der Waals surface area contributed by atoms with Gasteiger partial charge in [-0.25, -0.2) is 0 Å². The molecule has 1 aromatic carbocycles. The molecule has 1 heterocycles. The van der Waals surface area contributed by atoms with Crippen molar-refractivity contribution in [3.05, 3.63) is 34.9 Å². The predicted octanol–water partition coefficient (Wildman–Crippen LogP) is 3.10. The van der Waals surface area contributed by atoms with Crippen molar-refractivity contribution in [1.82, 2.24) is 0 Å². The van der Waals surface area contributed by atoms with E-state index >= 15 is 0 Å². The average molecular weight is 397 g/mol. The molecular formula is C22H36O6. The number of benzene rings is 1. The van der Waals surface area contributed by atoms with Crippen molar-refractivity contribution in [3.8, 4) is 0 Å². The lowest BCUT2D eigenvalue weighted by Gasteiger charge is -2.21. The first kappa shape index (κ1) is 23.3. The van der Waals surface area contributed by atoms with Gasteiger partial charge in [0, 0.05) is 0 Å². The van der Waals surface area contributed by atoms with E-state index in [0.717, 1.165) is 5.56 Å². The van der Waals surface area contributed by atoms with Crippen molar-refractivity contribution < 1.29 is 28.4 Å². The van der Waals surface area contributed by atoms with Gasteiger partial charge in [0.2, 0.25) is 0 Å². The molecule has 0 amide bonds. The highest BCUT2D eigenvalue weighted by atomic mass is 16.6. The molecule has 0 aliphatic carbocycles. The Morgan fingerprint density at radius 2 is 0.929 bits per heavy atom. The van der Waals surface area contributed by atoms with E-state index in [2.05, 4.69) is 39.0 Å². The number of ether oxygens (including phenoxy) is 6. The SMILES string of the molecule is CC(C)(C)c1ccc2c(c1)COCCOCCOCCOCCOCCOC2.